The van der Waals surface area contributed by atoms with E-state index in [4.69, 9.17) is 4.74 Å². The van der Waals surface area contributed by atoms with Gasteiger partial charge < -0.3 is 4.74 Å². The molecular weight excluding hydrogens is 216 g/mol. The molecule has 0 unspecified atom stereocenters. The van der Waals surface area contributed by atoms with Crippen LogP contribution in [0.15, 0.2) is 12.6 Å². The number of hydrogen-bond acceptors (Lipinski definition) is 3. The number of hydrogen-bond donors (Lipinski definition) is 0. The number of ether oxygens (including phenoxy) is 1. The molecule has 0 aliphatic carbocycles. The van der Waals surface area contributed by atoms with Crippen LogP contribution in [0.5, 0.6) is 0 Å². The second-order valence-electron chi connectivity index (χ2n) is 5.05. The predicted octanol–water partition coefficient (Wildman–Crippen LogP) is 2.77. The van der Waals surface area contributed by atoms with Crippen molar-refractivity contribution < 1.29 is 9.53 Å². The maximum Gasteiger partial charge on any atom is 0.316 e. The van der Waals surface area contributed by atoms with Gasteiger partial charge in [-0.05, 0) is 40.7 Å². The third-order valence-electron chi connectivity index (χ3n) is 2.32. The molecule has 94 valence electrons. The minimum Gasteiger partial charge on any atom is -0.424 e. The smallest absolute Gasteiger partial charge is 0.316 e. The first-order valence-electron chi connectivity index (χ1n) is 5.71. The first kappa shape index (κ1) is 13.5. The number of carbonyl (C=O) groups excluding carboxylic acids is 1. The summed E-state index contributed by atoms with van der Waals surface area (Å²) >= 11 is 0. The summed E-state index contributed by atoms with van der Waals surface area (Å²) in [6, 6.07) is 1.86. The Labute approximate surface area is 102 Å². The summed E-state index contributed by atoms with van der Waals surface area (Å²) in [4.78, 5) is 11.7. The molecule has 4 heteroatoms. The molecule has 1 aromatic heterocycles. The van der Waals surface area contributed by atoms with Crippen molar-refractivity contribution in [1.82, 2.24) is 9.78 Å². The molecule has 17 heavy (non-hydrogen) atoms. The third-order valence-corrected chi connectivity index (χ3v) is 2.32. The zero-order chi connectivity index (χ0) is 13.2. The number of carbonyl (C=O) groups is 1. The van der Waals surface area contributed by atoms with E-state index in [2.05, 4.69) is 11.7 Å². The Hall–Kier alpha value is -1.58. The highest BCUT2D eigenvalue weighted by molar-refractivity contribution is 5.81. The number of nitrogens with zero attached hydrogens (tertiary/aromatic N) is 2. The molecule has 0 radical (unpaired) electrons. The van der Waals surface area contributed by atoms with Crippen molar-refractivity contribution in [2.24, 2.45) is 5.41 Å². The van der Waals surface area contributed by atoms with Crippen molar-refractivity contribution in [2.75, 3.05) is 0 Å². The third kappa shape index (κ3) is 3.19. The van der Waals surface area contributed by atoms with Gasteiger partial charge in [0.2, 0.25) is 0 Å². The lowest BCUT2D eigenvalue weighted by Crippen LogP contribution is -2.22. The average molecular weight is 236 g/mol. The van der Waals surface area contributed by atoms with Gasteiger partial charge in [0.1, 0.15) is 11.5 Å². The molecule has 1 rings (SSSR count). The summed E-state index contributed by atoms with van der Waals surface area (Å²) in [7, 11) is 0. The van der Waals surface area contributed by atoms with Gasteiger partial charge in [-0.15, -0.1) is 0 Å². The Kier molecular flexibility index (Phi) is 3.76. The maximum atomic E-state index is 11.7. The zero-order valence-corrected chi connectivity index (χ0v) is 11.2. The maximum absolute atomic E-state index is 11.7. The van der Waals surface area contributed by atoms with Crippen molar-refractivity contribution in [1.29, 1.82) is 0 Å². The fourth-order valence-electron chi connectivity index (χ4n) is 1.33. The largest absolute Gasteiger partial charge is 0.424 e. The fraction of sp³-hybridized carbons (Fsp3) is 0.538. The van der Waals surface area contributed by atoms with E-state index in [9.17, 15) is 4.79 Å². The van der Waals surface area contributed by atoms with Crippen LogP contribution in [-0.2, 0) is 16.1 Å². The summed E-state index contributed by atoms with van der Waals surface area (Å²) in [5, 5.41) is 4.28. The molecule has 0 aliphatic rings. The van der Waals surface area contributed by atoms with E-state index in [0.717, 1.165) is 17.9 Å². The normalized spacial score (nSPS) is 11.4. The second kappa shape index (κ2) is 4.73. The SMILES string of the molecule is C=C(OC(=O)C(C)(C)C)c1cc(C)nn1CC. The van der Waals surface area contributed by atoms with Gasteiger partial charge in [0, 0.05) is 6.54 Å². The van der Waals surface area contributed by atoms with Crippen molar-refractivity contribution in [3.63, 3.8) is 0 Å². The molecule has 0 spiro atoms. The number of rotatable bonds is 3. The lowest BCUT2D eigenvalue weighted by Gasteiger charge is -2.17. The van der Waals surface area contributed by atoms with Crippen molar-refractivity contribution >= 4 is 11.7 Å². The lowest BCUT2D eigenvalue weighted by molar-refractivity contribution is -0.145. The van der Waals surface area contributed by atoms with Gasteiger partial charge >= 0.3 is 5.97 Å². The highest BCUT2D eigenvalue weighted by Gasteiger charge is 2.25. The van der Waals surface area contributed by atoms with Crippen LogP contribution in [0.4, 0.5) is 0 Å². The summed E-state index contributed by atoms with van der Waals surface area (Å²) in [6.45, 7) is 13.8. The minimum absolute atomic E-state index is 0.288. The average Bonchev–Trinajstić information content (AvgIpc) is 2.58. The molecule has 4 nitrogen and oxygen atoms in total. The van der Waals surface area contributed by atoms with E-state index in [0.29, 0.717) is 5.76 Å². The molecule has 0 atom stereocenters. The van der Waals surface area contributed by atoms with Crippen LogP contribution in [0.1, 0.15) is 39.1 Å². The van der Waals surface area contributed by atoms with E-state index in [1.54, 1.807) is 4.68 Å². The van der Waals surface area contributed by atoms with Crippen LogP contribution in [-0.4, -0.2) is 15.7 Å². The van der Waals surface area contributed by atoms with Gasteiger partial charge in [-0.2, -0.15) is 5.10 Å². The molecule has 1 aromatic rings. The number of esters is 1. The summed E-state index contributed by atoms with van der Waals surface area (Å²) in [6.07, 6.45) is 0. The Morgan fingerprint density at radius 2 is 2.12 bits per heavy atom. The minimum atomic E-state index is -0.533. The fourth-order valence-corrected chi connectivity index (χ4v) is 1.33. The van der Waals surface area contributed by atoms with Gasteiger partial charge in [0.25, 0.3) is 0 Å². The molecule has 0 aromatic carbocycles. The summed E-state index contributed by atoms with van der Waals surface area (Å²) in [5.41, 5.74) is 1.10. The monoisotopic (exact) mass is 236 g/mol. The van der Waals surface area contributed by atoms with Crippen LogP contribution >= 0.6 is 0 Å². The Balaban J connectivity index is 2.87. The standard InChI is InChI=1S/C13H20N2O2/c1-7-15-11(8-9(2)14-15)10(3)17-12(16)13(4,5)6/h8H,3,7H2,1-2,4-6H3. The molecule has 1 heterocycles. The van der Waals surface area contributed by atoms with Crippen molar-refractivity contribution in [2.45, 2.75) is 41.2 Å². The molecule has 0 aliphatic heterocycles. The number of aromatic nitrogens is 2. The van der Waals surface area contributed by atoms with Crippen LogP contribution in [0, 0.1) is 12.3 Å². The van der Waals surface area contributed by atoms with Gasteiger partial charge in [-0.3, -0.25) is 9.48 Å². The Bertz CT molecular complexity index is 439. The molecule has 0 saturated carbocycles. The van der Waals surface area contributed by atoms with Gasteiger partial charge in [-0.1, -0.05) is 6.58 Å². The van der Waals surface area contributed by atoms with Crippen LogP contribution in [0.25, 0.3) is 5.76 Å². The van der Waals surface area contributed by atoms with Gasteiger partial charge in [0.15, 0.2) is 0 Å². The predicted molar refractivity (Wildman–Crippen MR) is 67.2 cm³/mol. The second-order valence-corrected chi connectivity index (χ2v) is 5.05. The van der Waals surface area contributed by atoms with Gasteiger partial charge in [0.05, 0.1) is 11.1 Å². The summed E-state index contributed by atoms with van der Waals surface area (Å²) in [5.74, 6) is 0.0661. The first-order chi connectivity index (χ1) is 7.75. The Morgan fingerprint density at radius 3 is 2.59 bits per heavy atom. The van der Waals surface area contributed by atoms with E-state index < -0.39 is 5.41 Å². The van der Waals surface area contributed by atoms with E-state index >= 15 is 0 Å². The molecular formula is C13H20N2O2. The van der Waals surface area contributed by atoms with Crippen molar-refractivity contribution in [3.05, 3.63) is 24.0 Å². The zero-order valence-electron chi connectivity index (χ0n) is 11.2. The van der Waals surface area contributed by atoms with Gasteiger partial charge in [-0.25, -0.2) is 0 Å². The first-order valence-corrected chi connectivity index (χ1v) is 5.71. The highest BCUT2D eigenvalue weighted by atomic mass is 16.5. The van der Waals surface area contributed by atoms with Crippen LogP contribution < -0.4 is 0 Å². The van der Waals surface area contributed by atoms with E-state index in [1.807, 2.05) is 40.7 Å². The Morgan fingerprint density at radius 1 is 1.53 bits per heavy atom. The van der Waals surface area contributed by atoms with Crippen LogP contribution in [0.2, 0.25) is 0 Å². The van der Waals surface area contributed by atoms with Crippen LogP contribution in [0.3, 0.4) is 0 Å². The lowest BCUT2D eigenvalue weighted by atomic mass is 9.97. The molecule has 0 amide bonds. The quantitative estimate of drug-likeness (QED) is 0.598. The molecule has 0 N–H and O–H groups in total. The molecule has 0 bridgehead atoms. The molecule has 0 fully saturated rings. The van der Waals surface area contributed by atoms with Crippen molar-refractivity contribution in [3.8, 4) is 0 Å². The molecule has 0 saturated heterocycles. The number of aryl methyl sites for hydroxylation is 2. The summed E-state index contributed by atoms with van der Waals surface area (Å²) < 4.78 is 7.03. The highest BCUT2D eigenvalue weighted by Crippen LogP contribution is 2.22. The van der Waals surface area contributed by atoms with E-state index in [1.165, 1.54) is 0 Å². The van der Waals surface area contributed by atoms with E-state index in [-0.39, 0.29) is 5.97 Å². The topological polar surface area (TPSA) is 44.1 Å².